The molecule has 0 N–H and O–H groups in total. The summed E-state index contributed by atoms with van der Waals surface area (Å²) in [6, 6.07) is 0. The van der Waals surface area contributed by atoms with E-state index >= 15 is 0 Å². The van der Waals surface area contributed by atoms with E-state index in [4.69, 9.17) is 14.2 Å². The van der Waals surface area contributed by atoms with Crippen LogP contribution in [0.5, 0.6) is 0 Å². The first kappa shape index (κ1) is 55.9. The molecule has 0 unspecified atom stereocenters. The average molecular weight is 813 g/mol. The van der Waals surface area contributed by atoms with Crippen LogP contribution in [-0.2, 0) is 23.8 Å². The summed E-state index contributed by atoms with van der Waals surface area (Å²) in [6.45, 7) is 7.58. The van der Waals surface area contributed by atoms with Gasteiger partial charge < -0.3 is 14.2 Å². The molecule has 0 aromatic carbocycles. The molecule has 0 saturated heterocycles. The van der Waals surface area contributed by atoms with E-state index in [1.54, 1.807) is 0 Å². The number of allylic oxidation sites excluding steroid dienone is 8. The topological polar surface area (TPSA) is 61.8 Å². The Labute approximate surface area is 361 Å². The molecular weight excluding hydrogens is 717 g/mol. The van der Waals surface area contributed by atoms with Crippen molar-refractivity contribution in [2.45, 2.75) is 258 Å². The molecule has 0 heterocycles. The van der Waals surface area contributed by atoms with E-state index in [-0.39, 0.29) is 25.2 Å². The molecule has 0 aliphatic carbocycles. The lowest BCUT2D eigenvalue weighted by Crippen LogP contribution is -2.29. The summed E-state index contributed by atoms with van der Waals surface area (Å²) in [6.07, 6.45) is 59.9. The van der Waals surface area contributed by atoms with Crippen LogP contribution in [-0.4, -0.2) is 37.9 Å². The lowest BCUT2D eigenvalue weighted by Gasteiger charge is -2.18. The lowest BCUT2D eigenvalue weighted by molar-refractivity contribution is -0.155. The Hall–Kier alpha value is -2.14. The first-order valence-corrected chi connectivity index (χ1v) is 25.2. The summed E-state index contributed by atoms with van der Waals surface area (Å²) in [5.74, 6) is -0.357. The van der Waals surface area contributed by atoms with E-state index in [0.29, 0.717) is 19.4 Å². The van der Waals surface area contributed by atoms with E-state index in [1.807, 2.05) is 0 Å². The minimum Gasteiger partial charge on any atom is -0.463 e. The summed E-state index contributed by atoms with van der Waals surface area (Å²) >= 11 is 0. The second-order valence-corrected chi connectivity index (χ2v) is 16.7. The molecule has 338 valence electrons. The van der Waals surface area contributed by atoms with Gasteiger partial charge in [0.25, 0.3) is 0 Å². The molecule has 5 heteroatoms. The van der Waals surface area contributed by atoms with E-state index in [9.17, 15) is 9.59 Å². The van der Waals surface area contributed by atoms with Crippen LogP contribution in [0, 0.1) is 0 Å². The fourth-order valence-electron chi connectivity index (χ4n) is 7.07. The monoisotopic (exact) mass is 813 g/mol. The Morgan fingerprint density at radius 1 is 0.379 bits per heavy atom. The van der Waals surface area contributed by atoms with Crippen LogP contribution in [0.2, 0.25) is 0 Å². The molecule has 0 fully saturated rings. The van der Waals surface area contributed by atoms with E-state index < -0.39 is 6.10 Å². The summed E-state index contributed by atoms with van der Waals surface area (Å²) in [5, 5.41) is 0. The fraction of sp³-hybridized carbons (Fsp3) is 0.811. The first-order chi connectivity index (χ1) is 28.6. The zero-order valence-electron chi connectivity index (χ0n) is 38.8. The van der Waals surface area contributed by atoms with Crippen LogP contribution >= 0.6 is 0 Å². The van der Waals surface area contributed by atoms with Crippen molar-refractivity contribution in [1.82, 2.24) is 0 Å². The quantitative estimate of drug-likeness (QED) is 0.0348. The van der Waals surface area contributed by atoms with Crippen molar-refractivity contribution in [3.8, 4) is 0 Å². The maximum Gasteiger partial charge on any atom is 0.305 e. The van der Waals surface area contributed by atoms with E-state index in [2.05, 4.69) is 69.4 Å². The molecule has 0 aromatic heterocycles. The number of hydrogen-bond acceptors (Lipinski definition) is 5. The minimum absolute atomic E-state index is 0.148. The maximum atomic E-state index is 12.6. The smallest absolute Gasteiger partial charge is 0.305 e. The minimum atomic E-state index is -0.406. The first-order valence-electron chi connectivity index (χ1n) is 25.2. The highest BCUT2D eigenvalue weighted by Crippen LogP contribution is 2.15. The van der Waals surface area contributed by atoms with Gasteiger partial charge >= 0.3 is 11.9 Å². The predicted molar refractivity (Wildman–Crippen MR) is 251 cm³/mol. The van der Waals surface area contributed by atoms with Gasteiger partial charge in [0.05, 0.1) is 0 Å². The van der Waals surface area contributed by atoms with E-state index in [1.165, 1.54) is 135 Å². The molecule has 0 aliphatic rings. The Morgan fingerprint density at radius 2 is 0.724 bits per heavy atom. The van der Waals surface area contributed by atoms with E-state index in [0.717, 1.165) is 83.5 Å². The van der Waals surface area contributed by atoms with Crippen LogP contribution in [0.1, 0.15) is 252 Å². The van der Waals surface area contributed by atoms with Crippen molar-refractivity contribution >= 4 is 11.9 Å². The predicted octanol–water partition coefficient (Wildman–Crippen LogP) is 16.8. The van der Waals surface area contributed by atoms with Gasteiger partial charge in [-0.25, -0.2) is 0 Å². The van der Waals surface area contributed by atoms with Crippen molar-refractivity contribution in [2.24, 2.45) is 0 Å². The maximum absolute atomic E-state index is 12.6. The van der Waals surface area contributed by atoms with Gasteiger partial charge in [-0.2, -0.15) is 0 Å². The summed E-state index contributed by atoms with van der Waals surface area (Å²) < 4.78 is 17.4. The van der Waals surface area contributed by atoms with Gasteiger partial charge in [0.1, 0.15) is 19.3 Å². The van der Waals surface area contributed by atoms with Crippen molar-refractivity contribution in [2.75, 3.05) is 19.8 Å². The normalized spacial score (nSPS) is 12.5. The molecular formula is C53H96O5. The van der Waals surface area contributed by atoms with Gasteiger partial charge in [0, 0.05) is 19.4 Å². The third kappa shape index (κ3) is 46.5. The number of carbonyl (C=O) groups is 2. The number of unbranched alkanes of at least 4 members (excludes halogenated alkanes) is 27. The van der Waals surface area contributed by atoms with Gasteiger partial charge in [-0.15, -0.1) is 0 Å². The third-order valence-corrected chi connectivity index (χ3v) is 10.9. The van der Waals surface area contributed by atoms with Crippen molar-refractivity contribution in [3.05, 3.63) is 48.6 Å². The summed E-state index contributed by atoms with van der Waals surface area (Å²) in [4.78, 5) is 25.1. The van der Waals surface area contributed by atoms with Crippen molar-refractivity contribution in [1.29, 1.82) is 0 Å². The molecule has 0 radical (unpaired) electrons. The van der Waals surface area contributed by atoms with Gasteiger partial charge in [-0.1, -0.05) is 217 Å². The van der Waals surface area contributed by atoms with Gasteiger partial charge in [-0.3, -0.25) is 9.59 Å². The fourth-order valence-corrected chi connectivity index (χ4v) is 7.07. The molecule has 0 bridgehead atoms. The Kier molecular flexibility index (Phi) is 47.4. The highest BCUT2D eigenvalue weighted by molar-refractivity contribution is 5.69. The summed E-state index contributed by atoms with van der Waals surface area (Å²) in [7, 11) is 0. The average Bonchev–Trinajstić information content (AvgIpc) is 3.23. The molecule has 0 spiro atoms. The number of carbonyl (C=O) groups excluding carboxylic acids is 2. The molecule has 0 aliphatic heterocycles. The summed E-state index contributed by atoms with van der Waals surface area (Å²) in [5.41, 5.74) is 0. The second kappa shape index (κ2) is 49.2. The Morgan fingerprint density at radius 3 is 1.17 bits per heavy atom. The zero-order chi connectivity index (χ0) is 42.1. The van der Waals surface area contributed by atoms with Crippen molar-refractivity contribution in [3.63, 3.8) is 0 Å². The molecule has 5 nitrogen and oxygen atoms in total. The number of ether oxygens (including phenoxy) is 3. The molecule has 0 amide bonds. The molecule has 0 rings (SSSR count). The van der Waals surface area contributed by atoms with Gasteiger partial charge in [0.2, 0.25) is 0 Å². The number of hydrogen-bond donors (Lipinski definition) is 0. The lowest BCUT2D eigenvalue weighted by atomic mass is 10.0. The van der Waals surface area contributed by atoms with Gasteiger partial charge in [-0.05, 0) is 70.6 Å². The van der Waals surface area contributed by atoms with Crippen LogP contribution in [0.15, 0.2) is 48.6 Å². The highest BCUT2D eigenvalue weighted by atomic mass is 16.6. The van der Waals surface area contributed by atoms with Gasteiger partial charge in [0.15, 0.2) is 0 Å². The molecule has 1 atom stereocenters. The van der Waals surface area contributed by atoms with Crippen LogP contribution in [0.4, 0.5) is 0 Å². The largest absolute Gasteiger partial charge is 0.463 e. The molecule has 0 aromatic rings. The van der Waals surface area contributed by atoms with Crippen LogP contribution in [0.25, 0.3) is 0 Å². The second-order valence-electron chi connectivity index (χ2n) is 16.7. The van der Waals surface area contributed by atoms with Crippen LogP contribution in [0.3, 0.4) is 0 Å². The molecule has 0 saturated carbocycles. The Balaban J connectivity index is 4.25. The SMILES string of the molecule is CC/C=C\C/C=C\C/C=C\CCCCCCCC(=O)OC[C@H](COC(=O)CCCCCCC/C=C\CCCC)OCCCCCCCCCCCCCCCCCC. The third-order valence-electron chi connectivity index (χ3n) is 10.9. The number of rotatable bonds is 46. The zero-order valence-corrected chi connectivity index (χ0v) is 38.8. The number of esters is 2. The van der Waals surface area contributed by atoms with Crippen LogP contribution < -0.4 is 0 Å². The molecule has 58 heavy (non-hydrogen) atoms. The van der Waals surface area contributed by atoms with Crippen molar-refractivity contribution < 1.29 is 23.8 Å². The standard InChI is InChI=1S/C53H96O5/c1-4-7-10-13-16-19-22-24-26-28-30-33-36-39-42-45-48-56-51(49-57-52(54)46-43-40-37-34-31-21-18-15-12-9-6-3)50-58-53(55)47-44-41-38-35-32-29-27-25-23-20-17-14-11-8-5-2/h8,11,15,17-18,20,25,27,51H,4-7,9-10,12-14,16,19,21-24,26,28-50H2,1-3H3/b11-8-,18-15-,20-17-,27-25-/t51-/m0/s1. The highest BCUT2D eigenvalue weighted by Gasteiger charge is 2.16. The Bertz CT molecular complexity index is 966.